The summed E-state index contributed by atoms with van der Waals surface area (Å²) in [6, 6.07) is 14.8. The Bertz CT molecular complexity index is 531. The van der Waals surface area contributed by atoms with Gasteiger partial charge in [-0.3, -0.25) is 0 Å². The average molecular weight is 324 g/mol. The second kappa shape index (κ2) is 5.90. The number of rotatable bonds is 3. The zero-order valence-electron chi connectivity index (χ0n) is 10.6. The van der Waals surface area contributed by atoms with Crippen LogP contribution in [-0.2, 0) is 6.42 Å². The van der Waals surface area contributed by atoms with E-state index in [0.717, 1.165) is 10.9 Å². The highest BCUT2D eigenvalue weighted by atomic mass is 79.9. The van der Waals surface area contributed by atoms with Crippen LogP contribution >= 0.6 is 27.5 Å². The lowest BCUT2D eigenvalue weighted by atomic mass is 9.98. The average Bonchev–Trinajstić information content (AvgIpc) is 2.34. The lowest BCUT2D eigenvalue weighted by Crippen LogP contribution is -1.98. The maximum atomic E-state index is 6.50. The van der Waals surface area contributed by atoms with E-state index in [4.69, 9.17) is 11.6 Å². The summed E-state index contributed by atoms with van der Waals surface area (Å²) in [6.45, 7) is 4.26. The first-order chi connectivity index (χ1) is 8.56. The Hall–Kier alpha value is -0.790. The van der Waals surface area contributed by atoms with Crippen molar-refractivity contribution in [1.29, 1.82) is 0 Å². The molecule has 2 rings (SSSR count). The van der Waals surface area contributed by atoms with E-state index in [2.05, 4.69) is 60.1 Å². The van der Waals surface area contributed by atoms with E-state index in [1.807, 2.05) is 12.1 Å². The smallest absolute Gasteiger partial charge is 0.0625 e. The summed E-state index contributed by atoms with van der Waals surface area (Å²) in [4.78, 5) is 0. The molecule has 0 heterocycles. The van der Waals surface area contributed by atoms with Gasteiger partial charge in [0.05, 0.1) is 5.38 Å². The van der Waals surface area contributed by atoms with Crippen LogP contribution in [0.25, 0.3) is 0 Å². The summed E-state index contributed by atoms with van der Waals surface area (Å²) in [6.07, 6.45) is 0.872. The molecule has 1 unspecified atom stereocenters. The van der Waals surface area contributed by atoms with Crippen molar-refractivity contribution in [2.75, 3.05) is 0 Å². The van der Waals surface area contributed by atoms with Crippen LogP contribution in [0.15, 0.2) is 46.9 Å². The van der Waals surface area contributed by atoms with E-state index in [0.29, 0.717) is 0 Å². The van der Waals surface area contributed by atoms with Crippen molar-refractivity contribution >= 4 is 27.5 Å². The minimum Gasteiger partial charge on any atom is -0.117 e. The Kier molecular flexibility index (Phi) is 4.47. The van der Waals surface area contributed by atoms with Crippen LogP contribution in [-0.4, -0.2) is 0 Å². The molecule has 0 aromatic heterocycles. The van der Waals surface area contributed by atoms with Gasteiger partial charge in [-0.2, -0.15) is 0 Å². The molecule has 0 saturated heterocycles. The predicted octanol–water partition coefficient (Wildman–Crippen LogP) is 5.59. The van der Waals surface area contributed by atoms with Crippen LogP contribution in [0.1, 0.15) is 27.6 Å². The highest BCUT2D eigenvalue weighted by Gasteiger charge is 2.10. The van der Waals surface area contributed by atoms with Gasteiger partial charge in [0.25, 0.3) is 0 Å². The fraction of sp³-hybridized carbons (Fsp3) is 0.250. The highest BCUT2D eigenvalue weighted by molar-refractivity contribution is 9.10. The van der Waals surface area contributed by atoms with Gasteiger partial charge in [0.1, 0.15) is 0 Å². The van der Waals surface area contributed by atoms with E-state index in [-0.39, 0.29) is 5.38 Å². The number of aryl methyl sites for hydroxylation is 2. The zero-order valence-corrected chi connectivity index (χ0v) is 12.9. The molecule has 18 heavy (non-hydrogen) atoms. The van der Waals surface area contributed by atoms with E-state index < -0.39 is 0 Å². The molecule has 0 nitrogen and oxygen atoms in total. The van der Waals surface area contributed by atoms with E-state index in [1.165, 1.54) is 22.3 Å². The van der Waals surface area contributed by atoms with Crippen molar-refractivity contribution in [3.8, 4) is 0 Å². The quantitative estimate of drug-likeness (QED) is 0.646. The maximum absolute atomic E-state index is 6.50. The Labute approximate surface area is 122 Å². The van der Waals surface area contributed by atoms with Gasteiger partial charge in [-0.15, -0.1) is 11.6 Å². The van der Waals surface area contributed by atoms with E-state index in [1.54, 1.807) is 0 Å². The minimum atomic E-state index is 0.0265. The third kappa shape index (κ3) is 3.37. The minimum absolute atomic E-state index is 0.0265. The molecule has 0 radical (unpaired) electrons. The van der Waals surface area contributed by atoms with Crippen molar-refractivity contribution in [1.82, 2.24) is 0 Å². The van der Waals surface area contributed by atoms with Crippen LogP contribution in [0, 0.1) is 13.8 Å². The molecule has 1 atom stereocenters. The summed E-state index contributed by atoms with van der Waals surface area (Å²) in [5.41, 5.74) is 5.09. The van der Waals surface area contributed by atoms with Gasteiger partial charge in [0, 0.05) is 4.47 Å². The SMILES string of the molecule is Cc1ccc(C)c(CC(Cl)c2ccc(Br)cc2)c1. The zero-order chi connectivity index (χ0) is 13.1. The molecule has 0 saturated carbocycles. The lowest BCUT2D eigenvalue weighted by molar-refractivity contribution is 0.909. The molecule has 94 valence electrons. The van der Waals surface area contributed by atoms with Gasteiger partial charge < -0.3 is 0 Å². The van der Waals surface area contributed by atoms with Crippen LogP contribution in [0.2, 0.25) is 0 Å². The maximum Gasteiger partial charge on any atom is 0.0625 e. The summed E-state index contributed by atoms with van der Waals surface area (Å²) < 4.78 is 1.09. The highest BCUT2D eigenvalue weighted by Crippen LogP contribution is 2.27. The van der Waals surface area contributed by atoms with E-state index >= 15 is 0 Å². The summed E-state index contributed by atoms with van der Waals surface area (Å²) in [5.74, 6) is 0. The molecule has 0 bridgehead atoms. The fourth-order valence-corrected chi connectivity index (χ4v) is 2.58. The van der Waals surface area contributed by atoms with Gasteiger partial charge >= 0.3 is 0 Å². The molecular weight excluding hydrogens is 308 g/mol. The molecule has 0 fully saturated rings. The van der Waals surface area contributed by atoms with Crippen LogP contribution in [0.5, 0.6) is 0 Å². The fourth-order valence-electron chi connectivity index (χ4n) is 2.00. The van der Waals surface area contributed by atoms with Crippen LogP contribution in [0.4, 0.5) is 0 Å². The normalized spacial score (nSPS) is 12.4. The lowest BCUT2D eigenvalue weighted by Gasteiger charge is -2.13. The summed E-state index contributed by atoms with van der Waals surface area (Å²) in [5, 5.41) is 0.0265. The Morgan fingerprint density at radius 1 is 1.06 bits per heavy atom. The van der Waals surface area contributed by atoms with E-state index in [9.17, 15) is 0 Å². The van der Waals surface area contributed by atoms with Crippen molar-refractivity contribution < 1.29 is 0 Å². The number of hydrogen-bond donors (Lipinski definition) is 0. The van der Waals surface area contributed by atoms with Gasteiger partial charge in [-0.25, -0.2) is 0 Å². The number of halogens is 2. The molecule has 2 aromatic rings. The van der Waals surface area contributed by atoms with Crippen LogP contribution < -0.4 is 0 Å². The summed E-state index contributed by atoms with van der Waals surface area (Å²) >= 11 is 9.94. The molecule has 0 aliphatic rings. The molecule has 2 heteroatoms. The monoisotopic (exact) mass is 322 g/mol. The third-order valence-electron chi connectivity index (χ3n) is 3.14. The van der Waals surface area contributed by atoms with Crippen molar-refractivity contribution in [2.45, 2.75) is 25.6 Å². The predicted molar refractivity (Wildman–Crippen MR) is 82.4 cm³/mol. The standard InChI is InChI=1S/C16H16BrCl/c1-11-3-4-12(2)14(9-11)10-16(18)13-5-7-15(17)8-6-13/h3-9,16H,10H2,1-2H3. The number of hydrogen-bond acceptors (Lipinski definition) is 0. The Morgan fingerprint density at radius 3 is 2.39 bits per heavy atom. The topological polar surface area (TPSA) is 0 Å². The summed E-state index contributed by atoms with van der Waals surface area (Å²) in [7, 11) is 0. The second-order valence-corrected chi connectivity index (χ2v) is 6.10. The van der Waals surface area contributed by atoms with Crippen LogP contribution in [0.3, 0.4) is 0 Å². The molecule has 0 amide bonds. The first kappa shape index (κ1) is 13.6. The van der Waals surface area contributed by atoms with Crippen molar-refractivity contribution in [2.24, 2.45) is 0 Å². The van der Waals surface area contributed by atoms with Gasteiger partial charge in [0.2, 0.25) is 0 Å². The Balaban J connectivity index is 2.18. The molecule has 0 spiro atoms. The number of benzene rings is 2. The van der Waals surface area contributed by atoms with Crippen molar-refractivity contribution in [3.05, 3.63) is 69.2 Å². The number of alkyl halides is 1. The molecule has 0 aliphatic heterocycles. The molecule has 0 N–H and O–H groups in total. The largest absolute Gasteiger partial charge is 0.117 e. The van der Waals surface area contributed by atoms with Gasteiger partial charge in [0.15, 0.2) is 0 Å². The Morgan fingerprint density at radius 2 is 1.72 bits per heavy atom. The molecule has 2 aromatic carbocycles. The molecular formula is C16H16BrCl. The second-order valence-electron chi connectivity index (χ2n) is 4.65. The molecule has 0 aliphatic carbocycles. The third-order valence-corrected chi connectivity index (χ3v) is 4.07. The van der Waals surface area contributed by atoms with Gasteiger partial charge in [-0.05, 0) is 49.1 Å². The van der Waals surface area contributed by atoms with Crippen molar-refractivity contribution in [3.63, 3.8) is 0 Å². The first-order valence-corrected chi connectivity index (χ1v) is 7.25. The van der Waals surface area contributed by atoms with Gasteiger partial charge in [-0.1, -0.05) is 51.8 Å². The first-order valence-electron chi connectivity index (χ1n) is 6.02.